The van der Waals surface area contributed by atoms with Gasteiger partial charge < -0.3 is 89.9 Å². The number of amides is 1. The van der Waals surface area contributed by atoms with Crippen LogP contribution >= 0.6 is 0 Å². The van der Waals surface area contributed by atoms with E-state index in [0.717, 1.165) is 70.6 Å². The number of rotatable bonds is 64. The lowest BCUT2D eigenvalue weighted by atomic mass is 9.96. The first-order valence-corrected chi connectivity index (χ1v) is 40.7. The number of nitrogens with one attached hydrogen (secondary N) is 1. The molecule has 0 bridgehead atoms. The number of carbonyl (C=O) groups is 1. The number of aliphatic hydroxyl groups excluding tert-OH is 11. The quantitative estimate of drug-likeness (QED) is 0.0199. The number of aliphatic hydroxyl groups is 11. The highest BCUT2D eigenvalue weighted by Crippen LogP contribution is 2.33. The van der Waals surface area contributed by atoms with Crippen LogP contribution in [0.1, 0.15) is 309 Å². The first kappa shape index (κ1) is 92.4. The van der Waals surface area contributed by atoms with Gasteiger partial charge in [-0.25, -0.2) is 0 Å². The highest BCUT2D eigenvalue weighted by Gasteiger charge is 2.54. The second kappa shape index (κ2) is 62.3. The third-order valence-corrected chi connectivity index (χ3v) is 20.0. The van der Waals surface area contributed by atoms with Gasteiger partial charge in [0.1, 0.15) is 73.2 Å². The first-order chi connectivity index (χ1) is 49.3. The number of unbranched alkanes of at least 4 members (excludes halogenated alkanes) is 38. The van der Waals surface area contributed by atoms with Crippen molar-refractivity contribution >= 4 is 5.91 Å². The molecule has 17 unspecified atom stereocenters. The van der Waals surface area contributed by atoms with Crippen molar-refractivity contribution in [3.8, 4) is 0 Å². The lowest BCUT2D eigenvalue weighted by molar-refractivity contribution is -0.379. The molecule has 0 spiro atoms. The van der Waals surface area contributed by atoms with E-state index in [1.165, 1.54) is 205 Å². The molecule has 3 fully saturated rings. The van der Waals surface area contributed by atoms with Crippen LogP contribution in [0.5, 0.6) is 0 Å². The molecule has 0 aromatic carbocycles. The molecular weight excluding hydrogens is 1290 g/mol. The summed E-state index contributed by atoms with van der Waals surface area (Å²) in [7, 11) is 0. The summed E-state index contributed by atoms with van der Waals surface area (Å²) in [6.45, 7) is 1.72. The van der Waals surface area contributed by atoms with E-state index in [0.29, 0.717) is 12.8 Å². The zero-order valence-corrected chi connectivity index (χ0v) is 62.9. The molecule has 0 saturated carbocycles. The predicted molar refractivity (Wildman–Crippen MR) is 401 cm³/mol. The second-order valence-corrected chi connectivity index (χ2v) is 28.9. The zero-order valence-electron chi connectivity index (χ0n) is 62.9. The van der Waals surface area contributed by atoms with Crippen molar-refractivity contribution in [3.63, 3.8) is 0 Å². The standard InChI is InChI=1S/C82H147NO18/c1-3-5-7-9-11-13-15-17-19-21-23-25-27-28-29-30-31-32-33-34-35-36-38-39-41-43-45-47-49-51-53-55-57-59-66(87)65(83-70(88)60-58-56-54-52-50-48-46-44-42-40-37-26-24-22-20-18-16-14-12-10-8-6-4-2)64-96-80-76(94)73(91)78(68(62-85)98-80)101-82-77(95)74(92)79(69(63-86)99-82)100-81-75(93)72(90)71(89)67(61-84)97-81/h16,18,22,24,37,40-41,43,49,51,57,59,65-69,71-82,84-87,89-95H,3-15,17,19-21,23,25-36,38-39,42,44-48,50,52-56,58,60-64H2,1-2H3,(H,83,88)/b18-16-,24-22-,40-37-,43-41+,51-49+,59-57+. The van der Waals surface area contributed by atoms with E-state index in [-0.39, 0.29) is 18.9 Å². The van der Waals surface area contributed by atoms with Crippen LogP contribution in [-0.2, 0) is 33.2 Å². The van der Waals surface area contributed by atoms with E-state index < -0.39 is 124 Å². The Morgan fingerprint density at radius 1 is 0.356 bits per heavy atom. The molecule has 101 heavy (non-hydrogen) atoms. The third-order valence-electron chi connectivity index (χ3n) is 20.0. The van der Waals surface area contributed by atoms with Gasteiger partial charge in [0.25, 0.3) is 0 Å². The molecule has 3 heterocycles. The lowest BCUT2D eigenvalue weighted by Gasteiger charge is -2.48. The van der Waals surface area contributed by atoms with Crippen molar-refractivity contribution in [1.29, 1.82) is 0 Å². The summed E-state index contributed by atoms with van der Waals surface area (Å²) in [6.07, 6.45) is 54.7. The largest absolute Gasteiger partial charge is 0.394 e. The van der Waals surface area contributed by atoms with Crippen LogP contribution in [0.2, 0.25) is 0 Å². The van der Waals surface area contributed by atoms with Crippen LogP contribution in [0.15, 0.2) is 72.9 Å². The molecule has 19 nitrogen and oxygen atoms in total. The molecule has 3 rings (SSSR count). The molecule has 3 aliphatic rings. The lowest BCUT2D eigenvalue weighted by Crippen LogP contribution is -2.66. The fraction of sp³-hybridized carbons (Fsp3) is 0.841. The molecule has 3 aliphatic heterocycles. The highest BCUT2D eigenvalue weighted by molar-refractivity contribution is 5.76. The Morgan fingerprint density at radius 3 is 1.06 bits per heavy atom. The van der Waals surface area contributed by atoms with E-state index >= 15 is 0 Å². The van der Waals surface area contributed by atoms with Crippen LogP contribution in [0, 0.1) is 0 Å². The smallest absolute Gasteiger partial charge is 0.220 e. The molecule has 17 atom stereocenters. The minimum absolute atomic E-state index is 0.221. The molecule has 0 aromatic heterocycles. The number of carbonyl (C=O) groups excluding carboxylic acids is 1. The van der Waals surface area contributed by atoms with Crippen molar-refractivity contribution in [3.05, 3.63) is 72.9 Å². The average Bonchev–Trinajstić information content (AvgIpc) is 0.782. The minimum atomic E-state index is -1.99. The van der Waals surface area contributed by atoms with Crippen LogP contribution < -0.4 is 5.32 Å². The van der Waals surface area contributed by atoms with E-state index in [1.807, 2.05) is 6.08 Å². The average molecular weight is 1440 g/mol. The van der Waals surface area contributed by atoms with Crippen LogP contribution in [0.25, 0.3) is 0 Å². The Labute approximate surface area is 610 Å². The second-order valence-electron chi connectivity index (χ2n) is 28.9. The van der Waals surface area contributed by atoms with Crippen molar-refractivity contribution < 1.29 is 89.4 Å². The summed E-state index contributed by atoms with van der Waals surface area (Å²) >= 11 is 0. The van der Waals surface area contributed by atoms with Crippen LogP contribution in [-0.4, -0.2) is 193 Å². The summed E-state index contributed by atoms with van der Waals surface area (Å²) in [4.78, 5) is 13.5. The maximum atomic E-state index is 13.5. The molecule has 588 valence electrons. The van der Waals surface area contributed by atoms with Gasteiger partial charge in [0.05, 0.1) is 38.6 Å². The SMILES string of the molecule is CCCCCCC/C=C\C/C=C\C/C=C\CCCCCCCCCCC(=O)NC(COC1OC(CO)C(OC2OC(CO)C(OC3OC(CO)C(O)C(O)C3O)C(O)C2O)C(O)C1O)C(O)/C=C/CC/C=C/CC/C=C/CCCCCCCCCCCCCCCCCCCCCCCCC. The van der Waals surface area contributed by atoms with Crippen LogP contribution in [0.4, 0.5) is 0 Å². The predicted octanol–water partition coefficient (Wildman–Crippen LogP) is 13.6. The summed E-state index contributed by atoms with van der Waals surface area (Å²) in [6, 6.07) is -1.01. The Hall–Kier alpha value is -2.77. The fourth-order valence-electron chi connectivity index (χ4n) is 13.4. The Kier molecular flexibility index (Phi) is 57.0. The highest BCUT2D eigenvalue weighted by atomic mass is 16.8. The molecule has 0 radical (unpaired) electrons. The monoisotopic (exact) mass is 1430 g/mol. The van der Waals surface area contributed by atoms with Gasteiger partial charge in [0.15, 0.2) is 18.9 Å². The van der Waals surface area contributed by atoms with Crippen molar-refractivity contribution in [2.45, 2.75) is 413 Å². The zero-order chi connectivity index (χ0) is 73.2. The first-order valence-electron chi connectivity index (χ1n) is 40.7. The molecular formula is C82H147NO18. The van der Waals surface area contributed by atoms with Gasteiger partial charge in [-0.15, -0.1) is 0 Å². The van der Waals surface area contributed by atoms with Gasteiger partial charge in [0, 0.05) is 6.42 Å². The van der Waals surface area contributed by atoms with Gasteiger partial charge >= 0.3 is 0 Å². The van der Waals surface area contributed by atoms with Gasteiger partial charge in [-0.1, -0.05) is 292 Å². The van der Waals surface area contributed by atoms with Gasteiger partial charge in [0.2, 0.25) is 5.91 Å². The molecule has 3 saturated heterocycles. The normalized spacial score (nSPS) is 26.7. The van der Waals surface area contributed by atoms with Crippen molar-refractivity contribution in [2.75, 3.05) is 26.4 Å². The Bertz CT molecular complexity index is 2110. The van der Waals surface area contributed by atoms with Crippen molar-refractivity contribution in [2.24, 2.45) is 0 Å². The number of allylic oxidation sites excluding steroid dienone is 11. The molecule has 0 aromatic rings. The maximum absolute atomic E-state index is 13.5. The van der Waals surface area contributed by atoms with E-state index in [2.05, 4.69) is 79.9 Å². The summed E-state index contributed by atoms with van der Waals surface area (Å²) in [5.74, 6) is -0.296. The van der Waals surface area contributed by atoms with Gasteiger partial charge in [-0.3, -0.25) is 4.79 Å². The van der Waals surface area contributed by atoms with Gasteiger partial charge in [-0.2, -0.15) is 0 Å². The summed E-state index contributed by atoms with van der Waals surface area (Å²) in [5.41, 5.74) is 0. The maximum Gasteiger partial charge on any atom is 0.220 e. The molecule has 1 amide bonds. The molecule has 19 heteroatoms. The van der Waals surface area contributed by atoms with Gasteiger partial charge in [-0.05, 0) is 83.5 Å². The van der Waals surface area contributed by atoms with Crippen molar-refractivity contribution in [1.82, 2.24) is 5.32 Å². The summed E-state index contributed by atoms with van der Waals surface area (Å²) < 4.78 is 34.4. The number of hydrogen-bond acceptors (Lipinski definition) is 18. The van der Waals surface area contributed by atoms with E-state index in [9.17, 15) is 61.0 Å². The van der Waals surface area contributed by atoms with E-state index in [1.54, 1.807) is 6.08 Å². The minimum Gasteiger partial charge on any atom is -0.394 e. The summed E-state index contributed by atoms with van der Waals surface area (Å²) in [5, 5.41) is 121. The topological polar surface area (TPSA) is 307 Å². The van der Waals surface area contributed by atoms with E-state index in [4.69, 9.17) is 28.4 Å². The third kappa shape index (κ3) is 42.4. The Balaban J connectivity index is 1.39. The van der Waals surface area contributed by atoms with Crippen LogP contribution in [0.3, 0.4) is 0 Å². The fourth-order valence-corrected chi connectivity index (χ4v) is 13.4. The Morgan fingerprint density at radius 2 is 0.663 bits per heavy atom. The molecule has 12 N–H and O–H groups in total. The number of ether oxygens (including phenoxy) is 6. The number of hydrogen-bond donors (Lipinski definition) is 12. The molecule has 0 aliphatic carbocycles.